The second-order valence-electron chi connectivity index (χ2n) is 8.11. The highest BCUT2D eigenvalue weighted by Gasteiger charge is 2.18. The molecular formula is C28H18N4O. The molecule has 0 bridgehead atoms. The van der Waals surface area contributed by atoms with Gasteiger partial charge in [0.15, 0.2) is 0 Å². The summed E-state index contributed by atoms with van der Waals surface area (Å²) in [6, 6.07) is 30.2. The van der Waals surface area contributed by atoms with Crippen molar-refractivity contribution in [2.45, 2.75) is 0 Å². The van der Waals surface area contributed by atoms with Gasteiger partial charge in [-0.2, -0.15) is 0 Å². The first-order valence-electron chi connectivity index (χ1n) is 10.8. The van der Waals surface area contributed by atoms with Gasteiger partial charge in [-0.25, -0.2) is 4.98 Å². The van der Waals surface area contributed by atoms with Crippen molar-refractivity contribution in [2.75, 3.05) is 0 Å². The van der Waals surface area contributed by atoms with Crippen LogP contribution in [0.25, 0.3) is 49.7 Å². The first-order chi connectivity index (χ1) is 16.3. The van der Waals surface area contributed by atoms with Crippen molar-refractivity contribution in [3.8, 4) is 17.1 Å². The summed E-state index contributed by atoms with van der Waals surface area (Å²) in [5.41, 5.74) is 5.61. The number of phenolic OH excluding ortho intramolecular Hbond substituents is 1. The summed E-state index contributed by atoms with van der Waals surface area (Å²) in [6.45, 7) is 0. The van der Waals surface area contributed by atoms with E-state index in [1.165, 1.54) is 0 Å². The van der Waals surface area contributed by atoms with Crippen molar-refractivity contribution in [3.63, 3.8) is 0 Å². The number of phenols is 1. The second kappa shape index (κ2) is 6.68. The molecular weight excluding hydrogens is 408 g/mol. The third-order valence-corrected chi connectivity index (χ3v) is 6.24. The van der Waals surface area contributed by atoms with Gasteiger partial charge in [0.25, 0.3) is 6.33 Å². The van der Waals surface area contributed by atoms with Crippen molar-refractivity contribution < 1.29 is 9.67 Å². The highest BCUT2D eigenvalue weighted by atomic mass is 16.3. The number of aromatic hydroxyl groups is 1. The van der Waals surface area contributed by atoms with E-state index in [0.717, 1.165) is 49.7 Å². The largest absolute Gasteiger partial charge is 0.507 e. The lowest BCUT2D eigenvalue weighted by Gasteiger charge is -2.09. The van der Waals surface area contributed by atoms with Gasteiger partial charge in [0, 0.05) is 17.8 Å². The summed E-state index contributed by atoms with van der Waals surface area (Å²) < 4.78 is 6.07. The Labute approximate surface area is 189 Å². The summed E-state index contributed by atoms with van der Waals surface area (Å²) >= 11 is 0. The predicted molar refractivity (Wildman–Crippen MR) is 129 cm³/mol. The molecule has 3 heterocycles. The molecule has 0 saturated heterocycles. The second-order valence-corrected chi connectivity index (χ2v) is 8.11. The molecule has 0 aliphatic rings. The van der Waals surface area contributed by atoms with Gasteiger partial charge >= 0.3 is 0 Å². The number of aromatic nitrogens is 4. The van der Waals surface area contributed by atoms with Crippen LogP contribution in [0, 0.1) is 6.33 Å². The molecule has 0 spiro atoms. The average molecular weight is 426 g/mol. The molecule has 4 aromatic carbocycles. The van der Waals surface area contributed by atoms with Crippen LogP contribution in [0.4, 0.5) is 0 Å². The van der Waals surface area contributed by atoms with Gasteiger partial charge in [0.1, 0.15) is 16.9 Å². The van der Waals surface area contributed by atoms with Crippen LogP contribution in [-0.2, 0) is 0 Å². The first-order valence-corrected chi connectivity index (χ1v) is 10.8. The van der Waals surface area contributed by atoms with E-state index in [1.54, 1.807) is 6.07 Å². The lowest BCUT2D eigenvalue weighted by atomic mass is 10.1. The van der Waals surface area contributed by atoms with E-state index in [0.29, 0.717) is 0 Å². The summed E-state index contributed by atoms with van der Waals surface area (Å²) in [5.74, 6) is 0.231. The Kier molecular flexibility index (Phi) is 3.64. The maximum atomic E-state index is 10.8. The molecule has 7 rings (SSSR count). The van der Waals surface area contributed by atoms with Crippen LogP contribution < -0.4 is 4.57 Å². The van der Waals surface area contributed by atoms with Gasteiger partial charge in [-0.1, -0.05) is 54.6 Å². The Hall–Kier alpha value is -4.64. The summed E-state index contributed by atoms with van der Waals surface area (Å²) in [7, 11) is 0. The molecule has 1 N–H and O–H groups in total. The molecule has 33 heavy (non-hydrogen) atoms. The fourth-order valence-corrected chi connectivity index (χ4v) is 4.77. The predicted octanol–water partition coefficient (Wildman–Crippen LogP) is 5.37. The highest BCUT2D eigenvalue weighted by Crippen LogP contribution is 2.37. The van der Waals surface area contributed by atoms with E-state index in [-0.39, 0.29) is 5.75 Å². The monoisotopic (exact) mass is 426 g/mol. The molecule has 0 amide bonds. The van der Waals surface area contributed by atoms with Gasteiger partial charge < -0.3 is 5.11 Å². The first kappa shape index (κ1) is 18.0. The van der Waals surface area contributed by atoms with E-state index in [9.17, 15) is 5.11 Å². The van der Waals surface area contributed by atoms with E-state index in [1.807, 2.05) is 88.3 Å². The zero-order valence-electron chi connectivity index (χ0n) is 17.6. The Bertz CT molecular complexity index is 1830. The molecule has 0 unspecified atom stereocenters. The number of nitrogens with zero attached hydrogens (tertiary/aromatic N) is 4. The molecule has 0 fully saturated rings. The molecule has 0 radical (unpaired) electrons. The fraction of sp³-hybridized carbons (Fsp3) is 0. The van der Waals surface area contributed by atoms with E-state index < -0.39 is 0 Å². The smallest absolute Gasteiger partial charge is 0.268 e. The minimum atomic E-state index is 0.231. The maximum Gasteiger partial charge on any atom is 0.268 e. The molecule has 5 nitrogen and oxygen atoms in total. The number of hydrogen-bond acceptors (Lipinski definition) is 2. The van der Waals surface area contributed by atoms with Crippen molar-refractivity contribution in [2.24, 2.45) is 0 Å². The van der Waals surface area contributed by atoms with E-state index in [4.69, 9.17) is 4.98 Å². The van der Waals surface area contributed by atoms with Crippen molar-refractivity contribution in [3.05, 3.63) is 110 Å². The van der Waals surface area contributed by atoms with Crippen LogP contribution >= 0.6 is 0 Å². The quantitative estimate of drug-likeness (QED) is 0.230. The number of benzene rings is 4. The number of hydrogen-bond donors (Lipinski definition) is 1. The van der Waals surface area contributed by atoms with Crippen LogP contribution in [0.1, 0.15) is 0 Å². The van der Waals surface area contributed by atoms with Crippen LogP contribution in [0.5, 0.6) is 5.75 Å². The zero-order valence-corrected chi connectivity index (χ0v) is 17.6. The Morgan fingerprint density at radius 3 is 2.42 bits per heavy atom. The third-order valence-electron chi connectivity index (χ3n) is 6.24. The standard InChI is InChI=1S/C28H18N4O/c33-25-15-6-11-21-20-10-4-5-12-22(20)32-24-14-7-13-23(27(24)29-28(32)26(21)25)31-17-16-30(18-31)19-8-2-1-3-9-19/h1-17,33H. The molecule has 0 saturated carbocycles. The Balaban J connectivity index is 1.58. The molecule has 7 aromatic rings. The summed E-state index contributed by atoms with van der Waals surface area (Å²) in [5, 5.41) is 13.6. The van der Waals surface area contributed by atoms with Crippen molar-refractivity contribution in [1.29, 1.82) is 0 Å². The van der Waals surface area contributed by atoms with Crippen molar-refractivity contribution in [1.82, 2.24) is 14.0 Å². The molecule has 5 heteroatoms. The number of fused-ring (bicyclic) bond motifs is 8. The molecule has 0 atom stereocenters. The number of rotatable bonds is 2. The Morgan fingerprint density at radius 1 is 0.758 bits per heavy atom. The molecule has 0 aliphatic heterocycles. The Morgan fingerprint density at radius 2 is 1.52 bits per heavy atom. The number of pyridine rings is 1. The summed E-state index contributed by atoms with van der Waals surface area (Å²) in [6.07, 6.45) is 7.37. The van der Waals surface area contributed by atoms with Gasteiger partial charge in [-0.05, 0) is 41.8 Å². The van der Waals surface area contributed by atoms with Gasteiger partial charge in [0.05, 0.1) is 27.8 Å². The van der Waals surface area contributed by atoms with Crippen molar-refractivity contribution >= 4 is 38.4 Å². The number of para-hydroxylation sites is 3. The van der Waals surface area contributed by atoms with Crippen LogP contribution in [0.15, 0.2) is 103 Å². The summed E-state index contributed by atoms with van der Waals surface area (Å²) in [4.78, 5) is 5.07. The lowest BCUT2D eigenvalue weighted by molar-refractivity contribution is -0.597. The molecule has 156 valence electrons. The normalized spacial score (nSPS) is 11.8. The lowest BCUT2D eigenvalue weighted by Crippen LogP contribution is -2.28. The number of imidazole rings is 2. The van der Waals surface area contributed by atoms with Gasteiger partial charge in [-0.15, -0.1) is 0 Å². The van der Waals surface area contributed by atoms with Crippen LogP contribution in [0.2, 0.25) is 0 Å². The minimum absolute atomic E-state index is 0.231. The van der Waals surface area contributed by atoms with Crippen LogP contribution in [-0.4, -0.2) is 19.1 Å². The van der Waals surface area contributed by atoms with Gasteiger partial charge in [-0.3, -0.25) is 13.5 Å². The van der Waals surface area contributed by atoms with E-state index >= 15 is 0 Å². The third kappa shape index (κ3) is 2.53. The maximum absolute atomic E-state index is 10.8. The zero-order chi connectivity index (χ0) is 21.9. The topological polar surface area (TPSA) is 46.3 Å². The van der Waals surface area contributed by atoms with Gasteiger partial charge in [0.2, 0.25) is 0 Å². The average Bonchev–Trinajstić information content (AvgIpc) is 3.50. The van der Waals surface area contributed by atoms with E-state index in [2.05, 4.69) is 28.9 Å². The minimum Gasteiger partial charge on any atom is -0.507 e. The highest BCUT2D eigenvalue weighted by molar-refractivity contribution is 6.16. The van der Waals surface area contributed by atoms with Crippen LogP contribution in [0.3, 0.4) is 0 Å². The molecule has 3 aromatic heterocycles. The fourth-order valence-electron chi connectivity index (χ4n) is 4.77. The SMILES string of the molecule is Oc1cccc2c3ccccc3n3c4cccc(-[n+]5[c-]n(-c6ccccc6)cc5)c4nc3c12. The molecule has 0 aliphatic carbocycles.